The molecule has 0 radical (unpaired) electrons. The number of anilines is 1. The summed E-state index contributed by atoms with van der Waals surface area (Å²) in [4.78, 5) is 6.73. The number of rotatable bonds is 6. The third-order valence-electron chi connectivity index (χ3n) is 3.67. The van der Waals surface area contributed by atoms with Gasteiger partial charge in [0.15, 0.2) is 5.82 Å². The first kappa shape index (κ1) is 13.3. The van der Waals surface area contributed by atoms with Crippen LogP contribution in [0.4, 0.5) is 5.82 Å². The first-order chi connectivity index (χ1) is 9.88. The third-order valence-corrected chi connectivity index (χ3v) is 3.67. The molecule has 0 aliphatic carbocycles. The van der Waals surface area contributed by atoms with Crippen LogP contribution in [0.2, 0.25) is 0 Å². The van der Waals surface area contributed by atoms with E-state index in [1.54, 1.807) is 19.6 Å². The maximum atomic E-state index is 5.22. The molecule has 0 amide bonds. The number of ether oxygens (including phenoxy) is 1. The predicted octanol–water partition coefficient (Wildman–Crippen LogP) is 0.329. The van der Waals surface area contributed by atoms with Gasteiger partial charge in [0, 0.05) is 38.6 Å². The normalized spacial score (nSPS) is 18.8. The van der Waals surface area contributed by atoms with Crippen molar-refractivity contribution >= 4 is 11.5 Å². The molecule has 1 N–H and O–H groups in total. The molecular weight excluding hydrogens is 256 g/mol. The molecule has 3 rings (SSSR count). The van der Waals surface area contributed by atoms with Crippen LogP contribution < -0.4 is 10.2 Å². The molecule has 0 saturated carbocycles. The molecule has 1 unspecified atom stereocenters. The molecule has 3 heterocycles. The average Bonchev–Trinajstić information content (AvgIpc) is 3.13. The summed E-state index contributed by atoms with van der Waals surface area (Å²) in [5, 5.41) is 11.6. The van der Waals surface area contributed by atoms with Crippen LogP contribution in [0.15, 0.2) is 18.7 Å². The summed E-state index contributed by atoms with van der Waals surface area (Å²) in [5.74, 6) is 0.871. The lowest BCUT2D eigenvalue weighted by atomic mass is 10.2. The van der Waals surface area contributed by atoms with E-state index in [9.17, 15) is 0 Å². The Morgan fingerprint density at radius 1 is 1.55 bits per heavy atom. The maximum absolute atomic E-state index is 5.22. The van der Waals surface area contributed by atoms with Crippen molar-refractivity contribution in [2.24, 2.45) is 0 Å². The minimum absolute atomic E-state index is 0.511. The molecule has 1 fully saturated rings. The third kappa shape index (κ3) is 2.73. The number of hydrogen-bond donors (Lipinski definition) is 1. The molecule has 1 saturated heterocycles. The van der Waals surface area contributed by atoms with Crippen molar-refractivity contribution in [3.8, 4) is 0 Å². The van der Waals surface area contributed by atoms with Gasteiger partial charge in [-0.15, -0.1) is 10.2 Å². The standard InChI is InChI=1S/C13H20N6O/c1-20-8-7-18(9-11-3-2-4-14-11)12-13-17-16-10-19(13)6-5-15-12/h5-6,10-11,14H,2-4,7-9H2,1H3. The number of nitrogens with zero attached hydrogens (tertiary/aromatic N) is 5. The number of methoxy groups -OCH3 is 1. The van der Waals surface area contributed by atoms with Gasteiger partial charge in [-0.25, -0.2) is 4.98 Å². The lowest BCUT2D eigenvalue weighted by Gasteiger charge is -2.26. The van der Waals surface area contributed by atoms with Crippen LogP contribution in [0.5, 0.6) is 0 Å². The Kier molecular flexibility index (Phi) is 4.08. The summed E-state index contributed by atoms with van der Waals surface area (Å²) in [6.45, 7) is 3.49. The van der Waals surface area contributed by atoms with Crippen LogP contribution in [0.25, 0.3) is 5.65 Å². The van der Waals surface area contributed by atoms with E-state index in [1.165, 1.54) is 12.8 Å². The Morgan fingerprint density at radius 2 is 2.50 bits per heavy atom. The van der Waals surface area contributed by atoms with Gasteiger partial charge in [0.05, 0.1) is 6.61 Å². The molecule has 7 heteroatoms. The van der Waals surface area contributed by atoms with Crippen molar-refractivity contribution < 1.29 is 4.74 Å². The second-order valence-corrected chi connectivity index (χ2v) is 5.04. The Balaban J connectivity index is 1.84. The molecule has 2 aromatic heterocycles. The summed E-state index contributed by atoms with van der Waals surface area (Å²) < 4.78 is 7.11. The largest absolute Gasteiger partial charge is 0.383 e. The topological polar surface area (TPSA) is 67.6 Å². The highest BCUT2D eigenvalue weighted by Crippen LogP contribution is 2.18. The summed E-state index contributed by atoms with van der Waals surface area (Å²) in [7, 11) is 1.72. The maximum Gasteiger partial charge on any atom is 0.203 e. The van der Waals surface area contributed by atoms with Crippen LogP contribution in [0, 0.1) is 0 Å². The van der Waals surface area contributed by atoms with Gasteiger partial charge in [-0.2, -0.15) is 0 Å². The first-order valence-corrected chi connectivity index (χ1v) is 7.00. The highest BCUT2D eigenvalue weighted by molar-refractivity contribution is 5.63. The Morgan fingerprint density at radius 3 is 3.30 bits per heavy atom. The second kappa shape index (κ2) is 6.15. The molecule has 20 heavy (non-hydrogen) atoms. The van der Waals surface area contributed by atoms with Gasteiger partial charge in [0.2, 0.25) is 5.65 Å². The van der Waals surface area contributed by atoms with E-state index in [0.717, 1.165) is 31.1 Å². The van der Waals surface area contributed by atoms with Crippen molar-refractivity contribution in [1.82, 2.24) is 24.9 Å². The highest BCUT2D eigenvalue weighted by Gasteiger charge is 2.21. The van der Waals surface area contributed by atoms with Crippen LogP contribution in [-0.2, 0) is 4.74 Å². The van der Waals surface area contributed by atoms with Crippen LogP contribution in [0.1, 0.15) is 12.8 Å². The van der Waals surface area contributed by atoms with Gasteiger partial charge in [-0.3, -0.25) is 4.40 Å². The molecule has 1 atom stereocenters. The molecule has 0 bridgehead atoms. The SMILES string of the molecule is COCCN(CC1CCCN1)c1nccn2cnnc12. The van der Waals surface area contributed by atoms with Gasteiger partial charge in [0.1, 0.15) is 6.33 Å². The number of fused-ring (bicyclic) bond motifs is 1. The average molecular weight is 276 g/mol. The van der Waals surface area contributed by atoms with E-state index < -0.39 is 0 Å². The Hall–Kier alpha value is -1.73. The smallest absolute Gasteiger partial charge is 0.203 e. The molecule has 1 aliphatic heterocycles. The van der Waals surface area contributed by atoms with Gasteiger partial charge < -0.3 is 15.0 Å². The summed E-state index contributed by atoms with van der Waals surface area (Å²) in [6.07, 6.45) is 7.79. The second-order valence-electron chi connectivity index (χ2n) is 5.04. The van der Waals surface area contributed by atoms with E-state index in [2.05, 4.69) is 25.4 Å². The fourth-order valence-corrected chi connectivity index (χ4v) is 2.63. The first-order valence-electron chi connectivity index (χ1n) is 7.00. The minimum Gasteiger partial charge on any atom is -0.383 e. The Bertz CT molecular complexity index is 551. The molecule has 2 aromatic rings. The molecule has 0 aromatic carbocycles. The molecule has 108 valence electrons. The van der Waals surface area contributed by atoms with Gasteiger partial charge in [0.25, 0.3) is 0 Å². The van der Waals surface area contributed by atoms with Crippen molar-refractivity contribution in [2.45, 2.75) is 18.9 Å². The zero-order valence-electron chi connectivity index (χ0n) is 11.7. The van der Waals surface area contributed by atoms with Crippen molar-refractivity contribution in [1.29, 1.82) is 0 Å². The van der Waals surface area contributed by atoms with E-state index in [1.807, 2.05) is 10.6 Å². The Labute approximate surface area is 118 Å². The van der Waals surface area contributed by atoms with Gasteiger partial charge in [-0.1, -0.05) is 0 Å². The van der Waals surface area contributed by atoms with Gasteiger partial charge in [-0.05, 0) is 19.4 Å². The quantitative estimate of drug-likeness (QED) is 0.820. The van der Waals surface area contributed by atoms with Crippen LogP contribution >= 0.6 is 0 Å². The van der Waals surface area contributed by atoms with E-state index in [4.69, 9.17) is 4.74 Å². The van der Waals surface area contributed by atoms with Gasteiger partial charge >= 0.3 is 0 Å². The molecular formula is C13H20N6O. The zero-order chi connectivity index (χ0) is 13.8. The minimum atomic E-state index is 0.511. The van der Waals surface area contributed by atoms with Crippen molar-refractivity contribution in [3.05, 3.63) is 18.7 Å². The predicted molar refractivity (Wildman–Crippen MR) is 75.9 cm³/mol. The number of hydrogen-bond acceptors (Lipinski definition) is 6. The summed E-state index contributed by atoms with van der Waals surface area (Å²) in [6, 6.07) is 0.511. The summed E-state index contributed by atoms with van der Waals surface area (Å²) in [5.41, 5.74) is 0.793. The number of aromatic nitrogens is 4. The molecule has 0 spiro atoms. The monoisotopic (exact) mass is 276 g/mol. The highest BCUT2D eigenvalue weighted by atomic mass is 16.5. The van der Waals surface area contributed by atoms with E-state index in [-0.39, 0.29) is 0 Å². The van der Waals surface area contributed by atoms with E-state index in [0.29, 0.717) is 12.6 Å². The number of nitrogens with one attached hydrogen (secondary N) is 1. The fraction of sp³-hybridized carbons (Fsp3) is 0.615. The zero-order valence-corrected chi connectivity index (χ0v) is 11.7. The van der Waals surface area contributed by atoms with Crippen LogP contribution in [-0.4, -0.2) is 59.0 Å². The lowest BCUT2D eigenvalue weighted by molar-refractivity contribution is 0.204. The molecule has 1 aliphatic rings. The lowest BCUT2D eigenvalue weighted by Crippen LogP contribution is -2.40. The fourth-order valence-electron chi connectivity index (χ4n) is 2.63. The summed E-state index contributed by atoms with van der Waals surface area (Å²) >= 11 is 0. The van der Waals surface area contributed by atoms with Crippen LogP contribution in [0.3, 0.4) is 0 Å². The van der Waals surface area contributed by atoms with Crippen molar-refractivity contribution in [3.63, 3.8) is 0 Å². The van der Waals surface area contributed by atoms with E-state index >= 15 is 0 Å². The van der Waals surface area contributed by atoms with Crippen molar-refractivity contribution in [2.75, 3.05) is 38.3 Å². The molecule has 7 nitrogen and oxygen atoms in total.